The van der Waals surface area contributed by atoms with Crippen LogP contribution in [0.4, 0.5) is 0 Å². The normalized spacial score (nSPS) is 13.0. The fourth-order valence-electron chi connectivity index (χ4n) is 1.23. The van der Waals surface area contributed by atoms with Gasteiger partial charge in [0.05, 0.1) is 17.0 Å². The van der Waals surface area contributed by atoms with E-state index in [4.69, 9.17) is 0 Å². The summed E-state index contributed by atoms with van der Waals surface area (Å²) in [6.45, 7) is 2.95. The van der Waals surface area contributed by atoms with E-state index >= 15 is 0 Å². The molecule has 0 fully saturated rings. The first-order valence-electron chi connectivity index (χ1n) is 5.11. The maximum Gasteiger partial charge on any atom is 0.243 e. The molecule has 0 spiro atoms. The highest BCUT2D eigenvalue weighted by molar-refractivity contribution is 7.89. The van der Waals surface area contributed by atoms with Crippen LogP contribution in [-0.2, 0) is 10.0 Å². The van der Waals surface area contributed by atoms with Crippen LogP contribution in [-0.4, -0.2) is 42.1 Å². The van der Waals surface area contributed by atoms with E-state index in [1.165, 1.54) is 31.3 Å². The van der Waals surface area contributed by atoms with E-state index in [-0.39, 0.29) is 17.3 Å². The minimum Gasteiger partial charge on any atom is -0.508 e. The summed E-state index contributed by atoms with van der Waals surface area (Å²) in [7, 11) is -2.32. The maximum absolute atomic E-state index is 12.2. The van der Waals surface area contributed by atoms with Gasteiger partial charge >= 0.3 is 0 Å². The minimum absolute atomic E-state index is 0.00141. The van der Waals surface area contributed by atoms with Crippen molar-refractivity contribution < 1.29 is 18.6 Å². The zero-order valence-corrected chi connectivity index (χ0v) is 10.9. The van der Waals surface area contributed by atoms with E-state index in [1.807, 2.05) is 0 Å². The highest BCUT2D eigenvalue weighted by atomic mass is 32.2. The zero-order chi connectivity index (χ0) is 13.3. The lowest BCUT2D eigenvalue weighted by Crippen LogP contribution is -2.47. The molecule has 0 saturated heterocycles. The lowest BCUT2D eigenvalue weighted by molar-refractivity contribution is 0.138. The Balaban J connectivity index is 3.21. The van der Waals surface area contributed by atoms with Gasteiger partial charge in [0.1, 0.15) is 5.75 Å². The quantitative estimate of drug-likeness (QED) is 0.837. The van der Waals surface area contributed by atoms with Gasteiger partial charge in [0.25, 0.3) is 0 Å². The fourth-order valence-corrected chi connectivity index (χ4v) is 2.77. The summed E-state index contributed by atoms with van der Waals surface area (Å²) >= 11 is 0. The molecule has 5 nitrogen and oxygen atoms in total. The Hall–Kier alpha value is -1.11. The summed E-state index contributed by atoms with van der Waals surface area (Å²) < 4.78 is 25.5. The van der Waals surface area contributed by atoms with Gasteiger partial charge in [-0.2, -0.15) is 4.31 Å². The summed E-state index contributed by atoms with van der Waals surface area (Å²) in [4.78, 5) is 0.00141. The summed E-state index contributed by atoms with van der Waals surface area (Å²) in [6.07, 6.45) is 0. The molecular formula is C11H17NO4S. The summed E-state index contributed by atoms with van der Waals surface area (Å²) in [5.41, 5.74) is -0.899. The first kappa shape index (κ1) is 14.0. The van der Waals surface area contributed by atoms with Crippen molar-refractivity contribution >= 4 is 10.0 Å². The number of hydrogen-bond acceptors (Lipinski definition) is 4. The van der Waals surface area contributed by atoms with Crippen LogP contribution in [0.15, 0.2) is 29.2 Å². The number of likely N-dealkylation sites (N-methyl/N-ethyl adjacent to an activating group) is 1. The van der Waals surface area contributed by atoms with Crippen molar-refractivity contribution in [3.8, 4) is 5.75 Å². The van der Waals surface area contributed by atoms with Crippen molar-refractivity contribution in [3.63, 3.8) is 0 Å². The SMILES string of the molecule is CN(C(C)(C)CO)S(=O)(=O)c1cccc(O)c1. The van der Waals surface area contributed by atoms with E-state index in [9.17, 15) is 18.6 Å². The number of phenolic OH excluding ortho intramolecular Hbond substituents is 1. The molecule has 0 amide bonds. The van der Waals surface area contributed by atoms with Gasteiger partial charge < -0.3 is 10.2 Å². The summed E-state index contributed by atoms with van der Waals surface area (Å²) in [6, 6.07) is 5.44. The van der Waals surface area contributed by atoms with Crippen molar-refractivity contribution in [2.75, 3.05) is 13.7 Å². The van der Waals surface area contributed by atoms with Crippen LogP contribution in [0.1, 0.15) is 13.8 Å². The van der Waals surface area contributed by atoms with Gasteiger partial charge in [-0.05, 0) is 32.0 Å². The molecule has 0 radical (unpaired) electrons. The van der Waals surface area contributed by atoms with Crippen LogP contribution < -0.4 is 0 Å². The predicted molar refractivity (Wildman–Crippen MR) is 64.2 cm³/mol. The highest BCUT2D eigenvalue weighted by Crippen LogP contribution is 2.24. The number of nitrogens with zero attached hydrogens (tertiary/aromatic N) is 1. The Labute approximate surface area is 101 Å². The monoisotopic (exact) mass is 259 g/mol. The first-order chi connectivity index (χ1) is 7.71. The van der Waals surface area contributed by atoms with Crippen molar-refractivity contribution in [1.29, 1.82) is 0 Å². The van der Waals surface area contributed by atoms with Crippen LogP contribution in [0.25, 0.3) is 0 Å². The standard InChI is InChI=1S/C11H17NO4S/c1-11(2,8-13)12(3)17(15,16)10-6-4-5-9(14)7-10/h4-7,13-14H,8H2,1-3H3. The molecular weight excluding hydrogens is 242 g/mol. The molecule has 0 aliphatic rings. The first-order valence-corrected chi connectivity index (χ1v) is 6.55. The lowest BCUT2D eigenvalue weighted by Gasteiger charge is -2.32. The van der Waals surface area contributed by atoms with Crippen LogP contribution in [0.3, 0.4) is 0 Å². The molecule has 0 aliphatic heterocycles. The zero-order valence-electron chi connectivity index (χ0n) is 10.1. The molecule has 2 N–H and O–H groups in total. The molecule has 0 unspecified atom stereocenters. The topological polar surface area (TPSA) is 77.8 Å². The van der Waals surface area contributed by atoms with E-state index in [0.717, 1.165) is 4.31 Å². The Bertz CT molecular complexity index is 496. The smallest absolute Gasteiger partial charge is 0.243 e. The second-order valence-electron chi connectivity index (χ2n) is 4.44. The molecule has 0 atom stereocenters. The van der Waals surface area contributed by atoms with Gasteiger partial charge in [-0.25, -0.2) is 8.42 Å². The second kappa shape index (κ2) is 4.64. The fraction of sp³-hybridized carbons (Fsp3) is 0.455. The number of hydrogen-bond donors (Lipinski definition) is 2. The van der Waals surface area contributed by atoms with E-state index in [0.29, 0.717) is 0 Å². The highest BCUT2D eigenvalue weighted by Gasteiger charge is 2.33. The number of aliphatic hydroxyl groups is 1. The van der Waals surface area contributed by atoms with Crippen molar-refractivity contribution in [3.05, 3.63) is 24.3 Å². The van der Waals surface area contributed by atoms with Gasteiger partial charge in [0.2, 0.25) is 10.0 Å². The molecule has 0 saturated carbocycles. The van der Waals surface area contributed by atoms with Crippen LogP contribution >= 0.6 is 0 Å². The van der Waals surface area contributed by atoms with Crippen molar-refractivity contribution in [1.82, 2.24) is 4.31 Å². The average Bonchev–Trinajstić information content (AvgIpc) is 2.28. The minimum atomic E-state index is -3.72. The Morgan fingerprint density at radius 2 is 1.94 bits per heavy atom. The number of aromatic hydroxyl groups is 1. The van der Waals surface area contributed by atoms with Crippen molar-refractivity contribution in [2.45, 2.75) is 24.3 Å². The van der Waals surface area contributed by atoms with Gasteiger partial charge in [-0.1, -0.05) is 6.07 Å². The molecule has 17 heavy (non-hydrogen) atoms. The van der Waals surface area contributed by atoms with Crippen LogP contribution in [0.5, 0.6) is 5.75 Å². The maximum atomic E-state index is 12.2. The molecule has 0 heterocycles. The van der Waals surface area contributed by atoms with Gasteiger partial charge in [0, 0.05) is 7.05 Å². The lowest BCUT2D eigenvalue weighted by atomic mass is 10.1. The van der Waals surface area contributed by atoms with Crippen molar-refractivity contribution in [2.24, 2.45) is 0 Å². The second-order valence-corrected chi connectivity index (χ2v) is 6.41. The molecule has 1 aromatic rings. The van der Waals surface area contributed by atoms with Gasteiger partial charge in [-0.3, -0.25) is 0 Å². The molecule has 0 aliphatic carbocycles. The molecule has 1 rings (SSSR count). The molecule has 0 bridgehead atoms. The molecule has 96 valence electrons. The summed E-state index contributed by atoms with van der Waals surface area (Å²) in [5.74, 6) is -0.110. The number of phenols is 1. The number of benzene rings is 1. The summed E-state index contributed by atoms with van der Waals surface area (Å²) in [5, 5.41) is 18.5. The molecule has 1 aromatic carbocycles. The van der Waals surface area contributed by atoms with Gasteiger partial charge in [-0.15, -0.1) is 0 Å². The number of aliphatic hydroxyl groups excluding tert-OH is 1. The number of rotatable bonds is 4. The Kier molecular flexibility index (Phi) is 3.81. The van der Waals surface area contributed by atoms with Crippen LogP contribution in [0, 0.1) is 0 Å². The predicted octanol–water partition coefficient (Wildman–Crippen LogP) is 0.784. The van der Waals surface area contributed by atoms with Crippen LogP contribution in [0.2, 0.25) is 0 Å². The largest absolute Gasteiger partial charge is 0.508 e. The average molecular weight is 259 g/mol. The molecule has 0 aromatic heterocycles. The number of sulfonamides is 1. The Morgan fingerprint density at radius 1 is 1.35 bits per heavy atom. The van der Waals surface area contributed by atoms with E-state index < -0.39 is 15.6 Å². The van der Waals surface area contributed by atoms with E-state index in [1.54, 1.807) is 13.8 Å². The third kappa shape index (κ3) is 2.77. The third-order valence-electron chi connectivity index (χ3n) is 2.72. The molecule has 6 heteroatoms. The Morgan fingerprint density at radius 3 is 2.41 bits per heavy atom. The van der Waals surface area contributed by atoms with Gasteiger partial charge in [0.15, 0.2) is 0 Å². The third-order valence-corrected chi connectivity index (χ3v) is 4.78. The van der Waals surface area contributed by atoms with E-state index in [2.05, 4.69) is 0 Å².